The van der Waals surface area contributed by atoms with Gasteiger partial charge >= 0.3 is 6.03 Å². The number of nitrogens with one attached hydrogen (secondary N) is 3. The predicted octanol–water partition coefficient (Wildman–Crippen LogP) is 0.711. The molecule has 2 heterocycles. The molecule has 18 heavy (non-hydrogen) atoms. The molecule has 0 fully saturated rings. The number of aromatic nitrogens is 2. The van der Waals surface area contributed by atoms with Crippen molar-refractivity contribution in [2.24, 2.45) is 5.73 Å². The van der Waals surface area contributed by atoms with Crippen LogP contribution in [0.2, 0.25) is 0 Å². The van der Waals surface area contributed by atoms with Gasteiger partial charge in [0.05, 0.1) is 0 Å². The van der Waals surface area contributed by atoms with Crippen molar-refractivity contribution in [3.05, 3.63) is 30.1 Å². The molecule has 0 saturated heterocycles. The van der Waals surface area contributed by atoms with Gasteiger partial charge in [-0.1, -0.05) is 0 Å². The van der Waals surface area contributed by atoms with Crippen molar-refractivity contribution in [1.29, 1.82) is 0 Å². The Hall–Kier alpha value is -2.08. The lowest BCUT2D eigenvalue weighted by Crippen LogP contribution is -2.36. The van der Waals surface area contributed by atoms with Gasteiger partial charge in [0.25, 0.3) is 0 Å². The van der Waals surface area contributed by atoms with E-state index in [0.29, 0.717) is 19.6 Å². The predicted molar refractivity (Wildman–Crippen MR) is 70.0 cm³/mol. The summed E-state index contributed by atoms with van der Waals surface area (Å²) in [5, 5.41) is 6.58. The van der Waals surface area contributed by atoms with Crippen LogP contribution < -0.4 is 16.4 Å². The third kappa shape index (κ3) is 2.98. The lowest BCUT2D eigenvalue weighted by molar-refractivity contribution is 0.240. The summed E-state index contributed by atoms with van der Waals surface area (Å²) in [7, 11) is 0. The number of aromatic amines is 1. The van der Waals surface area contributed by atoms with E-state index in [1.165, 1.54) is 0 Å². The number of rotatable bonds is 5. The minimum absolute atomic E-state index is 0.177. The number of nitrogens with two attached hydrogens (primary N) is 1. The Bertz CT molecular complexity index is 522. The molecule has 0 aromatic carbocycles. The van der Waals surface area contributed by atoms with Crippen LogP contribution in [0, 0.1) is 0 Å². The van der Waals surface area contributed by atoms with Gasteiger partial charge in [-0.05, 0) is 30.7 Å². The Balaban J connectivity index is 1.90. The topological polar surface area (TPSA) is 95.8 Å². The molecule has 0 unspecified atom stereocenters. The van der Waals surface area contributed by atoms with E-state index in [1.54, 1.807) is 6.20 Å². The van der Waals surface area contributed by atoms with E-state index >= 15 is 0 Å². The Kier molecular flexibility index (Phi) is 4.14. The number of fused-ring (bicyclic) bond motifs is 1. The highest BCUT2D eigenvalue weighted by Crippen LogP contribution is 2.14. The lowest BCUT2D eigenvalue weighted by atomic mass is 10.2. The molecule has 96 valence electrons. The van der Waals surface area contributed by atoms with Gasteiger partial charge in [0.2, 0.25) is 0 Å². The summed E-state index contributed by atoms with van der Waals surface area (Å²) in [6.07, 6.45) is 4.34. The van der Waals surface area contributed by atoms with E-state index in [9.17, 15) is 4.79 Å². The lowest BCUT2D eigenvalue weighted by Gasteiger charge is -2.07. The zero-order chi connectivity index (χ0) is 12.8. The summed E-state index contributed by atoms with van der Waals surface area (Å²) in [6, 6.07) is 3.67. The van der Waals surface area contributed by atoms with Gasteiger partial charge in [-0.25, -0.2) is 9.78 Å². The van der Waals surface area contributed by atoms with Crippen LogP contribution in [0.4, 0.5) is 4.79 Å². The third-order valence-corrected chi connectivity index (χ3v) is 2.66. The maximum Gasteiger partial charge on any atom is 0.315 e. The first kappa shape index (κ1) is 12.4. The van der Waals surface area contributed by atoms with Crippen LogP contribution in [0.3, 0.4) is 0 Å². The summed E-state index contributed by atoms with van der Waals surface area (Å²) in [6.45, 7) is 1.65. The van der Waals surface area contributed by atoms with Crippen molar-refractivity contribution in [1.82, 2.24) is 20.6 Å². The second kappa shape index (κ2) is 6.02. The molecule has 2 rings (SSSR count). The standard InChI is InChI=1S/C12H17N5O/c13-4-1-5-16-12(18)17-8-9-2-6-14-11-10(9)3-7-15-11/h2-3,6-7H,1,4-5,8,13H2,(H,14,15)(H2,16,17,18). The molecule has 6 nitrogen and oxygen atoms in total. The van der Waals surface area contributed by atoms with E-state index in [4.69, 9.17) is 5.73 Å². The zero-order valence-corrected chi connectivity index (χ0v) is 10.1. The van der Waals surface area contributed by atoms with E-state index in [0.717, 1.165) is 23.0 Å². The summed E-state index contributed by atoms with van der Waals surface area (Å²) in [5.74, 6) is 0. The van der Waals surface area contributed by atoms with Crippen LogP contribution in [0.15, 0.2) is 24.5 Å². The van der Waals surface area contributed by atoms with Crippen LogP contribution in [0.1, 0.15) is 12.0 Å². The highest BCUT2D eigenvalue weighted by molar-refractivity contribution is 5.80. The average Bonchev–Trinajstić information content (AvgIpc) is 2.85. The second-order valence-electron chi connectivity index (χ2n) is 3.96. The van der Waals surface area contributed by atoms with Crippen LogP contribution in [0.5, 0.6) is 0 Å². The molecule has 2 aromatic rings. The van der Waals surface area contributed by atoms with Gasteiger partial charge in [-0.15, -0.1) is 0 Å². The van der Waals surface area contributed by atoms with Crippen molar-refractivity contribution >= 4 is 17.1 Å². The first-order chi connectivity index (χ1) is 8.81. The molecule has 0 atom stereocenters. The van der Waals surface area contributed by atoms with E-state index in [-0.39, 0.29) is 6.03 Å². The zero-order valence-electron chi connectivity index (χ0n) is 10.1. The molecule has 0 spiro atoms. The number of amides is 2. The highest BCUT2D eigenvalue weighted by atomic mass is 16.2. The normalized spacial score (nSPS) is 10.5. The van der Waals surface area contributed by atoms with Crippen LogP contribution >= 0.6 is 0 Å². The Morgan fingerprint density at radius 1 is 1.39 bits per heavy atom. The van der Waals surface area contributed by atoms with Crippen LogP contribution in [-0.4, -0.2) is 29.1 Å². The molecule has 0 aliphatic carbocycles. The molecule has 6 heteroatoms. The number of urea groups is 1. The minimum Gasteiger partial charge on any atom is -0.346 e. The molecular formula is C12H17N5O. The molecule has 0 saturated carbocycles. The molecule has 2 amide bonds. The summed E-state index contributed by atoms with van der Waals surface area (Å²) >= 11 is 0. The Labute approximate surface area is 105 Å². The van der Waals surface area contributed by atoms with Crippen molar-refractivity contribution in [3.63, 3.8) is 0 Å². The molecular weight excluding hydrogens is 230 g/mol. The maximum absolute atomic E-state index is 11.5. The van der Waals surface area contributed by atoms with E-state index < -0.39 is 0 Å². The fourth-order valence-corrected chi connectivity index (χ4v) is 1.71. The van der Waals surface area contributed by atoms with E-state index in [2.05, 4.69) is 20.6 Å². The second-order valence-corrected chi connectivity index (χ2v) is 3.96. The number of H-pyrrole nitrogens is 1. The highest BCUT2D eigenvalue weighted by Gasteiger charge is 2.04. The smallest absolute Gasteiger partial charge is 0.315 e. The van der Waals surface area contributed by atoms with Crippen LogP contribution in [0.25, 0.3) is 11.0 Å². The number of hydrogen-bond donors (Lipinski definition) is 4. The van der Waals surface area contributed by atoms with Crippen molar-refractivity contribution < 1.29 is 4.79 Å². The summed E-state index contributed by atoms with van der Waals surface area (Å²) < 4.78 is 0. The first-order valence-corrected chi connectivity index (χ1v) is 5.94. The molecule has 0 aliphatic heterocycles. The summed E-state index contributed by atoms with van der Waals surface area (Å²) in [4.78, 5) is 18.7. The Morgan fingerprint density at radius 2 is 2.28 bits per heavy atom. The van der Waals surface area contributed by atoms with Gasteiger partial charge < -0.3 is 21.4 Å². The number of carbonyl (C=O) groups is 1. The monoisotopic (exact) mass is 247 g/mol. The molecule has 0 bridgehead atoms. The van der Waals surface area contributed by atoms with Crippen molar-refractivity contribution in [2.75, 3.05) is 13.1 Å². The molecule has 2 aromatic heterocycles. The number of carbonyl (C=O) groups excluding carboxylic acids is 1. The van der Waals surface area contributed by atoms with E-state index in [1.807, 2.05) is 18.3 Å². The maximum atomic E-state index is 11.5. The Morgan fingerprint density at radius 3 is 3.11 bits per heavy atom. The number of pyridine rings is 1. The van der Waals surface area contributed by atoms with Gasteiger partial charge in [-0.2, -0.15) is 0 Å². The number of nitrogens with zero attached hydrogens (tertiary/aromatic N) is 1. The fourth-order valence-electron chi connectivity index (χ4n) is 1.71. The first-order valence-electron chi connectivity index (χ1n) is 5.94. The van der Waals surface area contributed by atoms with Gasteiger partial charge in [-0.3, -0.25) is 0 Å². The van der Waals surface area contributed by atoms with Crippen molar-refractivity contribution in [3.8, 4) is 0 Å². The van der Waals surface area contributed by atoms with Crippen molar-refractivity contribution in [2.45, 2.75) is 13.0 Å². The molecule has 0 radical (unpaired) electrons. The van der Waals surface area contributed by atoms with Gasteiger partial charge in [0, 0.05) is 30.9 Å². The van der Waals surface area contributed by atoms with Gasteiger partial charge in [0.15, 0.2) is 0 Å². The molecule has 0 aliphatic rings. The fraction of sp³-hybridized carbons (Fsp3) is 0.333. The third-order valence-electron chi connectivity index (χ3n) is 2.66. The average molecular weight is 247 g/mol. The quantitative estimate of drug-likeness (QED) is 0.586. The SMILES string of the molecule is NCCCNC(=O)NCc1ccnc2[nH]ccc12. The van der Waals surface area contributed by atoms with Crippen LogP contribution in [-0.2, 0) is 6.54 Å². The molecule has 5 N–H and O–H groups in total. The summed E-state index contributed by atoms with van der Waals surface area (Å²) in [5.41, 5.74) is 7.22. The van der Waals surface area contributed by atoms with Gasteiger partial charge in [0.1, 0.15) is 5.65 Å². The largest absolute Gasteiger partial charge is 0.346 e. The minimum atomic E-state index is -0.177. The number of hydrogen-bond acceptors (Lipinski definition) is 3.